The molecule has 0 unspecified atom stereocenters. The molecule has 0 bridgehead atoms. The molecule has 0 spiro atoms. The molecule has 0 atom stereocenters. The fourth-order valence-electron chi connectivity index (χ4n) is 1.65. The van der Waals surface area contributed by atoms with E-state index in [1.807, 2.05) is 19.2 Å². The molecular formula is C13H14ClN3OS. The summed E-state index contributed by atoms with van der Waals surface area (Å²) in [5, 5.41) is 4.89. The van der Waals surface area contributed by atoms with Crippen molar-refractivity contribution in [2.24, 2.45) is 5.73 Å². The van der Waals surface area contributed by atoms with E-state index in [1.54, 1.807) is 23.5 Å². The molecule has 1 aromatic carbocycles. The van der Waals surface area contributed by atoms with Crippen LogP contribution in [0.5, 0.6) is 0 Å². The summed E-state index contributed by atoms with van der Waals surface area (Å²) in [6.45, 7) is 3.36. The molecule has 0 aliphatic rings. The lowest BCUT2D eigenvalue weighted by molar-refractivity contribution is 0.100. The third kappa shape index (κ3) is 3.76. The van der Waals surface area contributed by atoms with E-state index < -0.39 is 5.91 Å². The first kappa shape index (κ1) is 14.0. The van der Waals surface area contributed by atoms with Crippen molar-refractivity contribution in [2.75, 3.05) is 0 Å². The Labute approximate surface area is 120 Å². The number of thiazole rings is 1. The van der Waals surface area contributed by atoms with Crippen LogP contribution in [-0.2, 0) is 13.1 Å². The zero-order valence-corrected chi connectivity index (χ0v) is 12.0. The highest BCUT2D eigenvalue weighted by Crippen LogP contribution is 2.18. The number of hydrogen-bond acceptors (Lipinski definition) is 4. The van der Waals surface area contributed by atoms with E-state index in [0.717, 1.165) is 17.1 Å². The second kappa shape index (κ2) is 6.14. The van der Waals surface area contributed by atoms with Crippen molar-refractivity contribution < 1.29 is 4.79 Å². The minimum absolute atomic E-state index is 0.423. The van der Waals surface area contributed by atoms with Crippen molar-refractivity contribution in [3.05, 3.63) is 50.4 Å². The van der Waals surface area contributed by atoms with Gasteiger partial charge in [-0.25, -0.2) is 4.98 Å². The van der Waals surface area contributed by atoms with Crippen molar-refractivity contribution in [1.82, 2.24) is 10.3 Å². The molecule has 0 aliphatic heterocycles. The maximum Gasteiger partial charge on any atom is 0.248 e. The highest BCUT2D eigenvalue weighted by molar-refractivity contribution is 7.11. The third-order valence-corrected chi connectivity index (χ3v) is 3.89. The summed E-state index contributed by atoms with van der Waals surface area (Å²) >= 11 is 7.77. The van der Waals surface area contributed by atoms with Crippen LogP contribution in [-0.4, -0.2) is 10.9 Å². The van der Waals surface area contributed by atoms with Gasteiger partial charge < -0.3 is 11.1 Å². The summed E-state index contributed by atoms with van der Waals surface area (Å²) in [5.74, 6) is -0.471. The van der Waals surface area contributed by atoms with Crippen LogP contribution in [0.4, 0.5) is 0 Å². The van der Waals surface area contributed by atoms with Crippen LogP contribution in [0, 0.1) is 6.92 Å². The number of hydrogen-bond donors (Lipinski definition) is 2. The van der Waals surface area contributed by atoms with Crippen LogP contribution in [0.3, 0.4) is 0 Å². The molecule has 6 heteroatoms. The zero-order valence-electron chi connectivity index (χ0n) is 10.4. The molecule has 0 aliphatic carbocycles. The Balaban J connectivity index is 1.94. The topological polar surface area (TPSA) is 68.0 Å². The average molecular weight is 296 g/mol. The molecule has 100 valence electrons. The lowest BCUT2D eigenvalue weighted by Crippen LogP contribution is -2.14. The Kier molecular flexibility index (Phi) is 4.52. The highest BCUT2D eigenvalue weighted by atomic mass is 35.5. The van der Waals surface area contributed by atoms with E-state index in [0.29, 0.717) is 17.1 Å². The number of nitrogens with zero attached hydrogens (tertiary/aromatic N) is 1. The number of aryl methyl sites for hydroxylation is 1. The summed E-state index contributed by atoms with van der Waals surface area (Å²) in [6, 6.07) is 5.09. The van der Waals surface area contributed by atoms with Gasteiger partial charge in [0.1, 0.15) is 0 Å². The molecule has 1 heterocycles. The second-order valence-corrected chi connectivity index (χ2v) is 5.85. The SMILES string of the molecule is Cc1ncc(CNCc2ccc(C(N)=O)cc2Cl)s1. The summed E-state index contributed by atoms with van der Waals surface area (Å²) in [4.78, 5) is 16.4. The molecule has 0 saturated heterocycles. The Morgan fingerprint density at radius 1 is 1.47 bits per heavy atom. The summed E-state index contributed by atoms with van der Waals surface area (Å²) in [5.41, 5.74) is 6.55. The van der Waals surface area contributed by atoms with Crippen LogP contribution < -0.4 is 11.1 Å². The lowest BCUT2D eigenvalue weighted by atomic mass is 10.1. The van der Waals surface area contributed by atoms with Crippen LogP contribution in [0.15, 0.2) is 24.4 Å². The second-order valence-electron chi connectivity index (χ2n) is 4.12. The van der Waals surface area contributed by atoms with Gasteiger partial charge in [-0.05, 0) is 24.6 Å². The zero-order chi connectivity index (χ0) is 13.8. The van der Waals surface area contributed by atoms with Crippen LogP contribution in [0.2, 0.25) is 5.02 Å². The van der Waals surface area contributed by atoms with Gasteiger partial charge in [0.25, 0.3) is 0 Å². The van der Waals surface area contributed by atoms with Crippen LogP contribution in [0.1, 0.15) is 25.8 Å². The molecule has 1 aromatic heterocycles. The number of amides is 1. The van der Waals surface area contributed by atoms with Gasteiger partial charge in [-0.15, -0.1) is 11.3 Å². The maximum atomic E-state index is 11.0. The number of primary amides is 1. The first-order chi connectivity index (χ1) is 9.06. The summed E-state index contributed by atoms with van der Waals surface area (Å²) < 4.78 is 0. The fraction of sp³-hybridized carbons (Fsp3) is 0.231. The maximum absolute atomic E-state index is 11.0. The van der Waals surface area contributed by atoms with Gasteiger partial charge in [0, 0.05) is 34.7 Å². The minimum Gasteiger partial charge on any atom is -0.366 e. The normalized spacial score (nSPS) is 10.6. The van der Waals surface area contributed by atoms with Gasteiger partial charge in [0.2, 0.25) is 5.91 Å². The van der Waals surface area contributed by atoms with Crippen LogP contribution >= 0.6 is 22.9 Å². The van der Waals surface area contributed by atoms with Gasteiger partial charge in [0.05, 0.1) is 5.01 Å². The number of halogens is 1. The smallest absolute Gasteiger partial charge is 0.248 e. The summed E-state index contributed by atoms with van der Waals surface area (Å²) in [6.07, 6.45) is 1.87. The first-order valence-corrected chi connectivity index (χ1v) is 6.96. The monoisotopic (exact) mass is 295 g/mol. The summed E-state index contributed by atoms with van der Waals surface area (Å²) in [7, 11) is 0. The van der Waals surface area contributed by atoms with Crippen molar-refractivity contribution in [3.63, 3.8) is 0 Å². The third-order valence-electron chi connectivity index (χ3n) is 2.62. The molecule has 1 amide bonds. The number of rotatable bonds is 5. The molecule has 19 heavy (non-hydrogen) atoms. The first-order valence-electron chi connectivity index (χ1n) is 5.76. The average Bonchev–Trinajstić information content (AvgIpc) is 2.77. The van der Waals surface area contributed by atoms with Gasteiger partial charge >= 0.3 is 0 Å². The van der Waals surface area contributed by atoms with E-state index in [1.165, 1.54) is 4.88 Å². The van der Waals surface area contributed by atoms with Crippen molar-refractivity contribution in [3.8, 4) is 0 Å². The molecule has 0 saturated carbocycles. The predicted molar refractivity (Wildman–Crippen MR) is 77.4 cm³/mol. The molecule has 3 N–H and O–H groups in total. The number of carbonyl (C=O) groups is 1. The van der Waals surface area contributed by atoms with E-state index in [-0.39, 0.29) is 0 Å². The molecule has 4 nitrogen and oxygen atoms in total. The lowest BCUT2D eigenvalue weighted by Gasteiger charge is -2.06. The number of nitrogens with one attached hydrogen (secondary N) is 1. The minimum atomic E-state index is -0.471. The standard InChI is InChI=1S/C13H14ClN3OS/c1-8-17-7-11(19-8)6-16-5-10-3-2-9(13(15)18)4-12(10)14/h2-4,7,16H,5-6H2,1H3,(H2,15,18). The molecular weight excluding hydrogens is 282 g/mol. The molecule has 2 rings (SSSR count). The van der Waals surface area contributed by atoms with E-state index >= 15 is 0 Å². The van der Waals surface area contributed by atoms with Crippen LogP contribution in [0.25, 0.3) is 0 Å². The van der Waals surface area contributed by atoms with Gasteiger partial charge in [0.15, 0.2) is 0 Å². The van der Waals surface area contributed by atoms with Crippen molar-refractivity contribution >= 4 is 28.8 Å². The number of nitrogens with two attached hydrogens (primary N) is 1. The fourth-order valence-corrected chi connectivity index (χ4v) is 2.66. The molecule has 0 radical (unpaired) electrons. The number of aromatic nitrogens is 1. The van der Waals surface area contributed by atoms with Gasteiger partial charge in [-0.3, -0.25) is 4.79 Å². The van der Waals surface area contributed by atoms with Crippen molar-refractivity contribution in [1.29, 1.82) is 0 Å². The Morgan fingerprint density at radius 2 is 2.26 bits per heavy atom. The predicted octanol–water partition coefficient (Wildman–Crippen LogP) is 2.49. The van der Waals surface area contributed by atoms with E-state index in [9.17, 15) is 4.79 Å². The Hall–Kier alpha value is -1.43. The van der Waals surface area contributed by atoms with E-state index in [2.05, 4.69) is 10.3 Å². The van der Waals surface area contributed by atoms with Crippen molar-refractivity contribution in [2.45, 2.75) is 20.0 Å². The van der Waals surface area contributed by atoms with Gasteiger partial charge in [-0.1, -0.05) is 17.7 Å². The number of benzene rings is 1. The van der Waals surface area contributed by atoms with Gasteiger partial charge in [-0.2, -0.15) is 0 Å². The Bertz CT molecular complexity index is 597. The Morgan fingerprint density at radius 3 is 2.84 bits per heavy atom. The quantitative estimate of drug-likeness (QED) is 0.890. The number of carbonyl (C=O) groups excluding carboxylic acids is 1. The van der Waals surface area contributed by atoms with E-state index in [4.69, 9.17) is 17.3 Å². The molecule has 2 aromatic rings. The molecule has 0 fully saturated rings. The largest absolute Gasteiger partial charge is 0.366 e. The highest BCUT2D eigenvalue weighted by Gasteiger charge is 2.05.